The zero-order valence-corrected chi connectivity index (χ0v) is 10.3. The maximum Gasteiger partial charge on any atom is 0.224 e. The van der Waals surface area contributed by atoms with Crippen molar-refractivity contribution in [2.75, 3.05) is 5.32 Å². The number of amides is 1. The quantitative estimate of drug-likeness (QED) is 0.819. The van der Waals surface area contributed by atoms with Crippen molar-refractivity contribution < 1.29 is 4.79 Å². The molecule has 1 rings (SSSR count). The summed E-state index contributed by atoms with van der Waals surface area (Å²) < 4.78 is 0. The number of carbonyl (C=O) groups is 1. The molecule has 0 aliphatic carbocycles. The number of nitrogens with two attached hydrogens (primary N) is 1. The largest absolute Gasteiger partial charge is 0.326 e. The Bertz CT molecular complexity index is 386. The summed E-state index contributed by atoms with van der Waals surface area (Å²) in [7, 11) is 0. The van der Waals surface area contributed by atoms with Crippen LogP contribution in [-0.2, 0) is 11.3 Å². The molecule has 1 aromatic rings. The number of rotatable bonds is 4. The van der Waals surface area contributed by atoms with Crippen molar-refractivity contribution in [1.82, 2.24) is 0 Å². The number of hydrogen-bond acceptors (Lipinski definition) is 2. The highest BCUT2D eigenvalue weighted by Crippen LogP contribution is 2.22. The van der Waals surface area contributed by atoms with Crippen molar-refractivity contribution in [3.05, 3.63) is 28.8 Å². The normalized spacial score (nSPS) is 10.2. The van der Waals surface area contributed by atoms with Gasteiger partial charge in [0.2, 0.25) is 5.91 Å². The van der Waals surface area contributed by atoms with Gasteiger partial charge in [-0.3, -0.25) is 4.79 Å². The van der Waals surface area contributed by atoms with E-state index < -0.39 is 0 Å². The van der Waals surface area contributed by atoms with Crippen molar-refractivity contribution in [2.24, 2.45) is 5.73 Å². The van der Waals surface area contributed by atoms with E-state index >= 15 is 0 Å². The highest BCUT2D eigenvalue weighted by Gasteiger charge is 2.08. The smallest absolute Gasteiger partial charge is 0.224 e. The minimum atomic E-state index is 0.0671. The summed E-state index contributed by atoms with van der Waals surface area (Å²) >= 11 is 0. The van der Waals surface area contributed by atoms with E-state index in [1.54, 1.807) is 0 Å². The Balaban J connectivity index is 2.93. The Morgan fingerprint density at radius 2 is 2.06 bits per heavy atom. The SMILES string of the molecule is CCCC(=O)Nc1ccc(C)c(CN)c1C. The van der Waals surface area contributed by atoms with Crippen LogP contribution in [0.4, 0.5) is 5.69 Å². The molecule has 16 heavy (non-hydrogen) atoms. The molecule has 3 N–H and O–H groups in total. The van der Waals surface area contributed by atoms with E-state index in [1.807, 2.05) is 32.9 Å². The van der Waals surface area contributed by atoms with E-state index in [9.17, 15) is 4.79 Å². The van der Waals surface area contributed by atoms with Gasteiger partial charge in [-0.2, -0.15) is 0 Å². The molecule has 0 atom stereocenters. The van der Waals surface area contributed by atoms with E-state index in [1.165, 1.54) is 5.56 Å². The molecule has 1 aromatic carbocycles. The summed E-state index contributed by atoms with van der Waals surface area (Å²) in [4.78, 5) is 11.5. The Hall–Kier alpha value is -1.35. The van der Waals surface area contributed by atoms with Crippen molar-refractivity contribution in [3.8, 4) is 0 Å². The lowest BCUT2D eigenvalue weighted by atomic mass is 10.0. The van der Waals surface area contributed by atoms with E-state index in [4.69, 9.17) is 5.73 Å². The number of benzene rings is 1. The van der Waals surface area contributed by atoms with Crippen LogP contribution < -0.4 is 11.1 Å². The summed E-state index contributed by atoms with van der Waals surface area (Å²) in [6.45, 7) is 6.53. The van der Waals surface area contributed by atoms with Gasteiger partial charge in [-0.25, -0.2) is 0 Å². The Morgan fingerprint density at radius 3 is 2.62 bits per heavy atom. The number of carbonyl (C=O) groups excluding carboxylic acids is 1. The first kappa shape index (κ1) is 12.7. The van der Waals surface area contributed by atoms with Gasteiger partial charge >= 0.3 is 0 Å². The fourth-order valence-electron chi connectivity index (χ4n) is 1.78. The van der Waals surface area contributed by atoms with Gasteiger partial charge in [-0.15, -0.1) is 0 Å². The molecule has 0 aliphatic heterocycles. The Morgan fingerprint density at radius 1 is 1.38 bits per heavy atom. The molecule has 1 amide bonds. The third-order valence-electron chi connectivity index (χ3n) is 2.79. The fourth-order valence-corrected chi connectivity index (χ4v) is 1.78. The molecule has 0 fully saturated rings. The minimum absolute atomic E-state index is 0.0671. The van der Waals surface area contributed by atoms with Crippen LogP contribution >= 0.6 is 0 Å². The molecule has 0 saturated heterocycles. The summed E-state index contributed by atoms with van der Waals surface area (Å²) in [6, 6.07) is 3.94. The third-order valence-corrected chi connectivity index (χ3v) is 2.79. The van der Waals surface area contributed by atoms with Gasteiger partial charge in [0, 0.05) is 18.7 Å². The summed E-state index contributed by atoms with van der Waals surface area (Å²) in [5.74, 6) is 0.0671. The molecule has 0 heterocycles. The lowest BCUT2D eigenvalue weighted by Gasteiger charge is -2.13. The van der Waals surface area contributed by atoms with Gasteiger partial charge in [0.15, 0.2) is 0 Å². The van der Waals surface area contributed by atoms with Crippen LogP contribution in [0.5, 0.6) is 0 Å². The monoisotopic (exact) mass is 220 g/mol. The first-order valence-electron chi connectivity index (χ1n) is 5.69. The lowest BCUT2D eigenvalue weighted by Crippen LogP contribution is -2.13. The second-order valence-corrected chi connectivity index (χ2v) is 4.04. The van der Waals surface area contributed by atoms with Gasteiger partial charge < -0.3 is 11.1 Å². The van der Waals surface area contributed by atoms with Crippen LogP contribution in [0.2, 0.25) is 0 Å². The third kappa shape index (κ3) is 2.83. The zero-order chi connectivity index (χ0) is 12.1. The molecule has 0 aliphatic rings. The maximum atomic E-state index is 11.5. The maximum absolute atomic E-state index is 11.5. The first-order chi connectivity index (χ1) is 7.60. The van der Waals surface area contributed by atoms with Gasteiger partial charge in [0.25, 0.3) is 0 Å². The zero-order valence-electron chi connectivity index (χ0n) is 10.3. The number of aryl methyl sites for hydroxylation is 1. The van der Waals surface area contributed by atoms with Gasteiger partial charge in [0.1, 0.15) is 0 Å². The van der Waals surface area contributed by atoms with Gasteiger partial charge in [0.05, 0.1) is 0 Å². The molecular weight excluding hydrogens is 200 g/mol. The molecule has 3 heteroatoms. The highest BCUT2D eigenvalue weighted by atomic mass is 16.1. The second kappa shape index (κ2) is 5.66. The average Bonchev–Trinajstić information content (AvgIpc) is 2.23. The second-order valence-electron chi connectivity index (χ2n) is 4.04. The van der Waals surface area contributed by atoms with Crippen molar-refractivity contribution in [3.63, 3.8) is 0 Å². The average molecular weight is 220 g/mol. The predicted octanol–water partition coefficient (Wildman–Crippen LogP) is 2.50. The summed E-state index contributed by atoms with van der Waals surface area (Å²) in [5, 5.41) is 2.92. The minimum Gasteiger partial charge on any atom is -0.326 e. The van der Waals surface area contributed by atoms with Gasteiger partial charge in [-0.1, -0.05) is 13.0 Å². The van der Waals surface area contributed by atoms with E-state index in [0.717, 1.165) is 23.2 Å². The van der Waals surface area contributed by atoms with Crippen molar-refractivity contribution >= 4 is 11.6 Å². The standard InChI is InChI=1S/C13H20N2O/c1-4-5-13(16)15-12-7-6-9(2)11(8-14)10(12)3/h6-7H,4-5,8,14H2,1-3H3,(H,15,16). The topological polar surface area (TPSA) is 55.1 Å². The molecule has 0 spiro atoms. The molecule has 0 saturated carbocycles. The van der Waals surface area contributed by atoms with Crippen LogP contribution in [-0.4, -0.2) is 5.91 Å². The molecule has 88 valence electrons. The van der Waals surface area contributed by atoms with E-state index in [0.29, 0.717) is 13.0 Å². The van der Waals surface area contributed by atoms with E-state index in [2.05, 4.69) is 5.32 Å². The number of hydrogen-bond donors (Lipinski definition) is 2. The van der Waals surface area contributed by atoms with Gasteiger partial charge in [-0.05, 0) is 43.0 Å². The molecule has 0 radical (unpaired) electrons. The Labute approximate surface area is 97.0 Å². The van der Waals surface area contributed by atoms with Crippen LogP contribution in [0.1, 0.15) is 36.5 Å². The van der Waals surface area contributed by atoms with Crippen LogP contribution in [0, 0.1) is 13.8 Å². The van der Waals surface area contributed by atoms with Crippen LogP contribution in [0.15, 0.2) is 12.1 Å². The van der Waals surface area contributed by atoms with Crippen LogP contribution in [0.3, 0.4) is 0 Å². The van der Waals surface area contributed by atoms with Crippen molar-refractivity contribution in [2.45, 2.75) is 40.2 Å². The van der Waals surface area contributed by atoms with Crippen LogP contribution in [0.25, 0.3) is 0 Å². The highest BCUT2D eigenvalue weighted by molar-refractivity contribution is 5.91. The molecular formula is C13H20N2O. The molecule has 0 aromatic heterocycles. The number of anilines is 1. The molecule has 0 bridgehead atoms. The molecule has 3 nitrogen and oxygen atoms in total. The lowest BCUT2D eigenvalue weighted by molar-refractivity contribution is -0.116. The fraction of sp³-hybridized carbons (Fsp3) is 0.462. The summed E-state index contributed by atoms with van der Waals surface area (Å²) in [5.41, 5.74) is 9.95. The Kier molecular flexibility index (Phi) is 4.50. The van der Waals surface area contributed by atoms with Crippen molar-refractivity contribution in [1.29, 1.82) is 0 Å². The van der Waals surface area contributed by atoms with E-state index in [-0.39, 0.29) is 5.91 Å². The number of nitrogens with one attached hydrogen (secondary N) is 1. The summed E-state index contributed by atoms with van der Waals surface area (Å²) in [6.07, 6.45) is 1.42. The molecule has 0 unspecified atom stereocenters. The predicted molar refractivity (Wildman–Crippen MR) is 67.3 cm³/mol. The first-order valence-corrected chi connectivity index (χ1v) is 5.69.